The maximum atomic E-state index is 6.27. The van der Waals surface area contributed by atoms with Gasteiger partial charge in [0.2, 0.25) is 0 Å². The van der Waals surface area contributed by atoms with E-state index in [1.807, 2.05) is 53.8 Å². The van der Waals surface area contributed by atoms with Gasteiger partial charge in [-0.15, -0.1) is 11.3 Å². The van der Waals surface area contributed by atoms with Crippen LogP contribution in [0.25, 0.3) is 21.6 Å². The van der Waals surface area contributed by atoms with Crippen LogP contribution in [0.5, 0.6) is 0 Å². The van der Waals surface area contributed by atoms with Gasteiger partial charge in [0.15, 0.2) is 5.82 Å². The second-order valence-corrected chi connectivity index (χ2v) is 9.64. The largest absolute Gasteiger partial charge is 0.367 e. The summed E-state index contributed by atoms with van der Waals surface area (Å²) in [6.07, 6.45) is 11.0. The second kappa shape index (κ2) is 7.10. The summed E-state index contributed by atoms with van der Waals surface area (Å²) in [5.41, 5.74) is 3.05. The molecule has 1 aliphatic heterocycles. The van der Waals surface area contributed by atoms with Crippen molar-refractivity contribution in [3.05, 3.63) is 52.9 Å². The van der Waals surface area contributed by atoms with Crippen molar-refractivity contribution in [3.8, 4) is 11.4 Å². The van der Waals surface area contributed by atoms with Gasteiger partial charge in [-0.2, -0.15) is 5.10 Å². The van der Waals surface area contributed by atoms with E-state index in [4.69, 9.17) is 14.7 Å². The van der Waals surface area contributed by atoms with Gasteiger partial charge in [0.05, 0.1) is 24.7 Å². The van der Waals surface area contributed by atoms with Gasteiger partial charge < -0.3 is 9.64 Å². The van der Waals surface area contributed by atoms with Gasteiger partial charge in [-0.3, -0.25) is 9.67 Å². The van der Waals surface area contributed by atoms with Crippen molar-refractivity contribution in [1.29, 1.82) is 0 Å². The van der Waals surface area contributed by atoms with E-state index in [-0.39, 0.29) is 0 Å². The zero-order valence-corrected chi connectivity index (χ0v) is 18.5. The van der Waals surface area contributed by atoms with Crippen LogP contribution in [0.4, 0.5) is 5.82 Å². The predicted molar refractivity (Wildman–Crippen MR) is 121 cm³/mol. The highest BCUT2D eigenvalue weighted by Crippen LogP contribution is 2.43. The minimum Gasteiger partial charge on any atom is -0.367 e. The number of fused-ring (bicyclic) bond motifs is 3. The lowest BCUT2D eigenvalue weighted by Gasteiger charge is -2.41. The van der Waals surface area contributed by atoms with Crippen LogP contribution in [-0.4, -0.2) is 44.4 Å². The van der Waals surface area contributed by atoms with Crippen LogP contribution in [0.3, 0.4) is 0 Å². The van der Waals surface area contributed by atoms with Crippen LogP contribution in [0, 0.1) is 0 Å². The van der Waals surface area contributed by atoms with E-state index in [0.29, 0.717) is 6.61 Å². The molecule has 0 aromatic carbocycles. The van der Waals surface area contributed by atoms with E-state index >= 15 is 0 Å². The molecule has 0 spiro atoms. The highest BCUT2D eigenvalue weighted by atomic mass is 32.1. The molecule has 158 valence electrons. The van der Waals surface area contributed by atoms with Crippen molar-refractivity contribution >= 4 is 27.4 Å². The highest BCUT2D eigenvalue weighted by Gasteiger charge is 2.37. The zero-order chi connectivity index (χ0) is 21.0. The van der Waals surface area contributed by atoms with Crippen LogP contribution in [0.15, 0.2) is 36.9 Å². The van der Waals surface area contributed by atoms with Crippen LogP contribution in [0.1, 0.15) is 29.3 Å². The molecule has 0 bridgehead atoms. The first-order chi connectivity index (χ1) is 15.1. The number of morpholine rings is 1. The lowest BCUT2D eigenvalue weighted by Crippen LogP contribution is -2.48. The van der Waals surface area contributed by atoms with Crippen LogP contribution in [-0.2, 0) is 30.2 Å². The quantitative estimate of drug-likeness (QED) is 0.491. The molecular weight excluding hydrogens is 408 g/mol. The number of nitrogens with zero attached hydrogens (tertiary/aromatic N) is 6. The number of anilines is 1. The Labute approximate surface area is 184 Å². The molecule has 4 aromatic heterocycles. The normalized spacial score (nSPS) is 21.0. The lowest BCUT2D eigenvalue weighted by molar-refractivity contribution is -0.0467. The Morgan fingerprint density at radius 2 is 2.13 bits per heavy atom. The molecule has 0 amide bonds. The molecule has 1 aliphatic carbocycles. The third kappa shape index (κ3) is 3.13. The predicted octanol–water partition coefficient (Wildman–Crippen LogP) is 3.73. The summed E-state index contributed by atoms with van der Waals surface area (Å²) in [5, 5.41) is 5.60. The summed E-state index contributed by atoms with van der Waals surface area (Å²) in [6.45, 7) is 4.32. The first-order valence-corrected chi connectivity index (χ1v) is 11.5. The fraction of sp³-hybridized carbons (Fsp3) is 0.391. The van der Waals surface area contributed by atoms with E-state index in [2.05, 4.69) is 21.9 Å². The molecule has 0 radical (unpaired) electrons. The zero-order valence-electron chi connectivity index (χ0n) is 17.7. The van der Waals surface area contributed by atoms with E-state index in [1.165, 1.54) is 22.2 Å². The Bertz CT molecular complexity index is 1270. The number of hydrogen-bond acceptors (Lipinski definition) is 7. The third-order valence-electron chi connectivity index (χ3n) is 6.35. The van der Waals surface area contributed by atoms with Crippen molar-refractivity contribution in [2.45, 2.75) is 31.8 Å². The van der Waals surface area contributed by atoms with Crippen molar-refractivity contribution < 1.29 is 4.74 Å². The first-order valence-electron chi connectivity index (χ1n) is 10.7. The summed E-state index contributed by atoms with van der Waals surface area (Å²) in [4.78, 5) is 19.3. The minimum atomic E-state index is -0.433. The SMILES string of the molecule is Cn1cc(C2(C)CN(c3nc(-c4cccnc4)nc4sc5c(c34)CCC5)CCO2)cn1. The highest BCUT2D eigenvalue weighted by molar-refractivity contribution is 7.19. The Morgan fingerprint density at radius 1 is 1.19 bits per heavy atom. The standard InChI is InChI=1S/C23H24N6OS/c1-23(16-12-25-28(2)13-16)14-29(9-10-30-23)21-19-17-6-3-7-18(17)31-22(19)27-20(26-21)15-5-4-8-24-11-15/h4-5,8,11-13H,3,6-7,9-10,14H2,1-2H3. The average molecular weight is 433 g/mol. The van der Waals surface area contributed by atoms with Crippen molar-refractivity contribution in [2.75, 3.05) is 24.6 Å². The molecule has 5 heterocycles. The van der Waals surface area contributed by atoms with Crippen molar-refractivity contribution in [2.24, 2.45) is 7.05 Å². The van der Waals surface area contributed by atoms with Gasteiger partial charge in [-0.05, 0) is 43.9 Å². The molecule has 0 N–H and O–H groups in total. The Morgan fingerprint density at radius 3 is 2.94 bits per heavy atom. The fourth-order valence-electron chi connectivity index (χ4n) is 4.75. The molecule has 8 heteroatoms. The number of hydrogen-bond donors (Lipinski definition) is 0. The van der Waals surface area contributed by atoms with Gasteiger partial charge in [-0.1, -0.05) is 0 Å². The van der Waals surface area contributed by atoms with Crippen molar-refractivity contribution in [1.82, 2.24) is 24.7 Å². The van der Waals surface area contributed by atoms with E-state index < -0.39 is 5.60 Å². The van der Waals surface area contributed by atoms with Crippen LogP contribution in [0.2, 0.25) is 0 Å². The molecular formula is C23H24N6OS. The summed E-state index contributed by atoms with van der Waals surface area (Å²) in [7, 11) is 1.94. The number of pyridine rings is 1. The maximum Gasteiger partial charge on any atom is 0.164 e. The summed E-state index contributed by atoms with van der Waals surface area (Å²) >= 11 is 1.83. The summed E-state index contributed by atoms with van der Waals surface area (Å²) in [6, 6.07) is 3.96. The van der Waals surface area contributed by atoms with E-state index in [9.17, 15) is 0 Å². The molecule has 7 nitrogen and oxygen atoms in total. The molecule has 2 aliphatic rings. The molecule has 1 atom stereocenters. The summed E-state index contributed by atoms with van der Waals surface area (Å²) < 4.78 is 8.10. The minimum absolute atomic E-state index is 0.433. The molecule has 31 heavy (non-hydrogen) atoms. The Kier molecular flexibility index (Phi) is 4.33. The van der Waals surface area contributed by atoms with Gasteiger partial charge in [0.1, 0.15) is 16.2 Å². The van der Waals surface area contributed by atoms with Gasteiger partial charge >= 0.3 is 0 Å². The second-order valence-electron chi connectivity index (χ2n) is 8.55. The van der Waals surface area contributed by atoms with Gasteiger partial charge in [-0.25, -0.2) is 9.97 Å². The van der Waals surface area contributed by atoms with E-state index in [1.54, 1.807) is 6.20 Å². The molecule has 1 unspecified atom stereocenters. The number of rotatable bonds is 3. The average Bonchev–Trinajstić information content (AvgIpc) is 3.50. The fourth-order valence-corrected chi connectivity index (χ4v) is 6.01. The Hall–Kier alpha value is -2.84. The van der Waals surface area contributed by atoms with Crippen molar-refractivity contribution in [3.63, 3.8) is 0 Å². The lowest BCUT2D eigenvalue weighted by atomic mass is 9.96. The summed E-state index contributed by atoms with van der Waals surface area (Å²) in [5.74, 6) is 1.77. The molecule has 4 aromatic rings. The molecule has 0 saturated carbocycles. The Balaban J connectivity index is 1.49. The van der Waals surface area contributed by atoms with Crippen LogP contribution < -0.4 is 4.90 Å². The smallest absolute Gasteiger partial charge is 0.164 e. The number of aromatic nitrogens is 5. The monoisotopic (exact) mass is 432 g/mol. The number of thiophene rings is 1. The van der Waals surface area contributed by atoms with Crippen LogP contribution >= 0.6 is 11.3 Å². The maximum absolute atomic E-state index is 6.27. The number of ether oxygens (including phenoxy) is 1. The van der Waals surface area contributed by atoms with E-state index in [0.717, 1.165) is 53.5 Å². The molecule has 1 saturated heterocycles. The number of aryl methyl sites for hydroxylation is 3. The third-order valence-corrected chi connectivity index (χ3v) is 7.54. The van der Waals surface area contributed by atoms with Gasteiger partial charge in [0.25, 0.3) is 0 Å². The van der Waals surface area contributed by atoms with Gasteiger partial charge in [0, 0.05) is 48.2 Å². The topological polar surface area (TPSA) is 69.0 Å². The molecule has 6 rings (SSSR count). The first kappa shape index (κ1) is 18.9. The molecule has 1 fully saturated rings.